The van der Waals surface area contributed by atoms with Crippen LogP contribution in [-0.4, -0.2) is 30.8 Å². The third-order valence-electron chi connectivity index (χ3n) is 2.47. The van der Waals surface area contributed by atoms with Crippen molar-refractivity contribution in [2.24, 2.45) is 17.4 Å². The van der Waals surface area contributed by atoms with E-state index >= 15 is 0 Å². The van der Waals surface area contributed by atoms with Gasteiger partial charge in [0.2, 0.25) is 12.2 Å². The third kappa shape index (κ3) is 7.88. The monoisotopic (exact) mass is 242 g/mol. The first-order chi connectivity index (χ1) is 8.01. The van der Waals surface area contributed by atoms with Gasteiger partial charge in [0.15, 0.2) is 0 Å². The highest BCUT2D eigenvalue weighted by molar-refractivity contribution is 5.84. The largest absolute Gasteiger partial charge is 0.344 e. The number of hydrogen-bond acceptors (Lipinski definition) is 4. The Morgan fingerprint density at radius 2 is 2.00 bits per heavy atom. The molecule has 0 heterocycles. The maximum Gasteiger partial charge on any atom is 0.237 e. The minimum Gasteiger partial charge on any atom is -0.344 e. The molecule has 0 spiro atoms. The number of carbonyl (C=O) groups is 1. The van der Waals surface area contributed by atoms with E-state index in [-0.39, 0.29) is 5.91 Å². The molecule has 0 aromatic rings. The van der Waals surface area contributed by atoms with Gasteiger partial charge in [-0.25, -0.2) is 0 Å². The van der Waals surface area contributed by atoms with Crippen LogP contribution in [0.4, 0.5) is 0 Å². The summed E-state index contributed by atoms with van der Waals surface area (Å²) in [6, 6.07) is -1.12. The van der Waals surface area contributed by atoms with E-state index in [4.69, 9.17) is 11.5 Å². The molecule has 0 aromatic carbocycles. The summed E-state index contributed by atoms with van der Waals surface area (Å²) in [7, 11) is 0. The maximum absolute atomic E-state index is 11.6. The molecule has 5 nitrogen and oxygen atoms in total. The number of carbonyl (C=O) groups excluding carboxylic acids is 2. The average molecular weight is 242 g/mol. The van der Waals surface area contributed by atoms with Crippen molar-refractivity contribution in [2.75, 3.05) is 6.54 Å². The number of amides is 1. The fraction of sp³-hybridized carbons (Fsp3) is 0.833. The van der Waals surface area contributed by atoms with Crippen LogP contribution in [0.3, 0.4) is 0 Å². The topological polar surface area (TPSA) is 98.2 Å². The van der Waals surface area contributed by atoms with Gasteiger partial charge in [-0.3, -0.25) is 9.59 Å². The Bertz CT molecular complexity index is 232. The Morgan fingerprint density at radius 3 is 2.47 bits per heavy atom. The molecule has 0 rings (SSSR count). The number of nitrogens with two attached hydrogens (primary N) is 2. The average Bonchev–Trinajstić information content (AvgIpc) is 2.27. The first-order valence-electron chi connectivity index (χ1n) is 6.15. The maximum atomic E-state index is 11.6. The molecule has 5 N–H and O–H groups in total. The van der Waals surface area contributed by atoms with E-state index < -0.39 is 12.1 Å². The summed E-state index contributed by atoms with van der Waals surface area (Å²) >= 11 is 0. The number of rotatable bonds is 9. The molecule has 0 aliphatic rings. The highest BCUT2D eigenvalue weighted by Gasteiger charge is 2.18. The summed E-state index contributed by atoms with van der Waals surface area (Å²) in [6.45, 7) is 4.57. The minimum atomic E-state index is -0.565. The van der Waals surface area contributed by atoms with Gasteiger partial charge >= 0.3 is 0 Å². The quantitative estimate of drug-likeness (QED) is 0.499. The molecule has 99 valence electrons. The molecule has 0 bridgehead atoms. The Hall–Kier alpha value is -0.940. The lowest BCUT2D eigenvalue weighted by atomic mass is 10.0. The molecule has 0 saturated heterocycles. The Labute approximate surface area is 103 Å². The summed E-state index contributed by atoms with van der Waals surface area (Å²) in [4.78, 5) is 22.3. The van der Waals surface area contributed by atoms with Gasteiger partial charge in [-0.2, -0.15) is 0 Å². The van der Waals surface area contributed by atoms with E-state index in [2.05, 4.69) is 5.32 Å². The summed E-state index contributed by atoms with van der Waals surface area (Å²) in [5, 5.41) is 2.61. The Kier molecular flexibility index (Phi) is 8.62. The molecule has 1 amide bonds. The molecule has 2 atom stereocenters. The predicted molar refractivity (Wildman–Crippen MR) is 68.0 cm³/mol. The van der Waals surface area contributed by atoms with Gasteiger partial charge in [-0.05, 0) is 31.7 Å². The van der Waals surface area contributed by atoms with E-state index in [1.807, 2.05) is 20.1 Å². The minimum absolute atomic E-state index is 0.281. The van der Waals surface area contributed by atoms with E-state index in [9.17, 15) is 9.59 Å². The van der Waals surface area contributed by atoms with Crippen molar-refractivity contribution in [3.63, 3.8) is 0 Å². The second-order valence-electron chi connectivity index (χ2n) is 4.70. The zero-order valence-corrected chi connectivity index (χ0v) is 10.7. The van der Waals surface area contributed by atoms with E-state index in [1.165, 1.54) is 0 Å². The summed E-state index contributed by atoms with van der Waals surface area (Å²) in [5.41, 5.74) is 11.1. The van der Waals surface area contributed by atoms with Crippen molar-refractivity contribution < 1.29 is 9.59 Å². The summed E-state index contributed by atoms with van der Waals surface area (Å²) < 4.78 is 0. The highest BCUT2D eigenvalue weighted by Crippen LogP contribution is 2.04. The van der Waals surface area contributed by atoms with Crippen molar-refractivity contribution in [1.82, 2.24) is 5.32 Å². The molecule has 0 saturated carbocycles. The van der Waals surface area contributed by atoms with Crippen molar-refractivity contribution in [2.45, 2.75) is 51.6 Å². The second kappa shape index (κ2) is 9.13. The van der Waals surface area contributed by atoms with Crippen LogP contribution in [0.15, 0.2) is 0 Å². The molecule has 0 aliphatic heterocycles. The lowest BCUT2D eigenvalue weighted by molar-refractivity contribution is -0.122. The first-order valence-corrected chi connectivity index (χ1v) is 6.15. The molecule has 0 fully saturated rings. The van der Waals surface area contributed by atoms with Crippen LogP contribution >= 0.6 is 0 Å². The van der Waals surface area contributed by atoms with Gasteiger partial charge < -0.3 is 16.8 Å². The summed E-state index contributed by atoms with van der Waals surface area (Å²) in [5.74, 6) is 0.0474. The summed E-state index contributed by atoms with van der Waals surface area (Å²) in [6.07, 6.45) is 4.69. The van der Waals surface area contributed by atoms with Crippen molar-refractivity contribution >= 4 is 12.2 Å². The lowest BCUT2D eigenvalue weighted by Crippen LogP contribution is -2.46. The van der Waals surface area contributed by atoms with E-state index in [1.54, 1.807) is 0 Å². The lowest BCUT2D eigenvalue weighted by Gasteiger charge is -2.17. The van der Waals surface area contributed by atoms with Crippen LogP contribution in [0, 0.1) is 5.92 Å². The zero-order chi connectivity index (χ0) is 13.3. The number of nitrogens with one attached hydrogen (secondary N) is 1. The van der Waals surface area contributed by atoms with E-state index in [0.717, 1.165) is 12.8 Å². The Morgan fingerprint density at radius 1 is 1.35 bits per heavy atom. The van der Waals surface area contributed by atoms with Crippen LogP contribution < -0.4 is 16.8 Å². The van der Waals surface area contributed by atoms with Crippen LogP contribution in [0.2, 0.25) is 0 Å². The molecule has 2 unspecified atom stereocenters. The smallest absolute Gasteiger partial charge is 0.237 e. The fourth-order valence-corrected chi connectivity index (χ4v) is 1.53. The zero-order valence-electron chi connectivity index (χ0n) is 10.7. The van der Waals surface area contributed by atoms with Crippen LogP contribution in [0.1, 0.15) is 39.5 Å². The molecule has 0 aliphatic carbocycles. The molecule has 0 aromatic heterocycles. The molecule has 17 heavy (non-hydrogen) atoms. The van der Waals surface area contributed by atoms with E-state index in [0.29, 0.717) is 25.3 Å². The van der Waals surface area contributed by atoms with Crippen LogP contribution in [0.25, 0.3) is 0 Å². The van der Waals surface area contributed by atoms with Gasteiger partial charge in [0.05, 0.1) is 12.1 Å². The van der Waals surface area contributed by atoms with Crippen LogP contribution in [0.5, 0.6) is 0 Å². The molecule has 5 heteroatoms. The van der Waals surface area contributed by atoms with Crippen molar-refractivity contribution in [3.8, 4) is 0 Å². The predicted octanol–water partition coefficient (Wildman–Crippen LogP) is 0.0833. The second-order valence-corrected chi connectivity index (χ2v) is 4.70. The fourth-order valence-electron chi connectivity index (χ4n) is 1.53. The Balaban J connectivity index is 3.99. The number of unbranched alkanes of at least 4 members (excludes halogenated alkanes) is 1. The van der Waals surface area contributed by atoms with Crippen molar-refractivity contribution in [3.05, 3.63) is 0 Å². The highest BCUT2D eigenvalue weighted by atomic mass is 16.2. The third-order valence-corrected chi connectivity index (χ3v) is 2.47. The molecule has 1 radical (unpaired) electrons. The van der Waals surface area contributed by atoms with Gasteiger partial charge in [-0.15, -0.1) is 0 Å². The standard InChI is InChI=1S/C12H24N3O2/c1-9(2)7-10(8-16)15-12(17)11(14)5-3-4-6-13/h9-11H,3-7,13-14H2,1-2H3,(H,15,17). The van der Waals surface area contributed by atoms with Gasteiger partial charge in [-0.1, -0.05) is 20.3 Å². The molecular formula is C12H24N3O2. The SMILES string of the molecule is CC(C)CC([C]=O)NC(=O)C(N)CCCCN. The van der Waals surface area contributed by atoms with Crippen LogP contribution in [-0.2, 0) is 9.59 Å². The first kappa shape index (κ1) is 16.1. The van der Waals surface area contributed by atoms with Crippen molar-refractivity contribution in [1.29, 1.82) is 0 Å². The number of hydrogen-bond donors (Lipinski definition) is 3. The molecular weight excluding hydrogens is 218 g/mol. The van der Waals surface area contributed by atoms with Gasteiger partial charge in [0.1, 0.15) is 0 Å². The van der Waals surface area contributed by atoms with Gasteiger partial charge in [0.25, 0.3) is 0 Å². The normalized spacial score (nSPS) is 14.4. The van der Waals surface area contributed by atoms with Gasteiger partial charge in [0, 0.05) is 0 Å².